The highest BCUT2D eigenvalue weighted by Gasteiger charge is 2.30. The molecule has 1 nitrogen and oxygen atoms in total. The van der Waals surface area contributed by atoms with E-state index in [4.69, 9.17) is 0 Å². The fourth-order valence-corrected chi connectivity index (χ4v) is 4.90. The summed E-state index contributed by atoms with van der Waals surface area (Å²) in [5, 5.41) is 6.16. The molecule has 1 unspecified atom stereocenters. The van der Waals surface area contributed by atoms with Gasteiger partial charge in [-0.05, 0) is 52.9 Å². The highest BCUT2D eigenvalue weighted by Crippen LogP contribution is 2.51. The number of allylic oxidation sites excluding steroid dienone is 4. The molecule has 0 N–H and O–H groups in total. The summed E-state index contributed by atoms with van der Waals surface area (Å²) in [5.41, 5.74) is 1.27. The Hall–Kier alpha value is -2.11. The highest BCUT2D eigenvalue weighted by atomic mass is 31.2. The average Bonchev–Trinajstić information content (AvgIpc) is 2.59. The van der Waals surface area contributed by atoms with Crippen LogP contribution in [0.2, 0.25) is 0 Å². The van der Waals surface area contributed by atoms with Crippen LogP contribution in [-0.4, -0.2) is 13.3 Å². The van der Waals surface area contributed by atoms with Crippen molar-refractivity contribution in [3.8, 4) is 0 Å². The Kier molecular flexibility index (Phi) is 3.74. The van der Waals surface area contributed by atoms with E-state index in [-0.39, 0.29) is 5.41 Å². The van der Waals surface area contributed by atoms with Crippen LogP contribution in [0, 0.1) is 0 Å². The predicted molar refractivity (Wildman–Crippen MR) is 110 cm³/mol. The van der Waals surface area contributed by atoms with E-state index in [0.717, 1.165) is 11.7 Å². The second-order valence-electron chi connectivity index (χ2n) is 7.63. The number of benzene rings is 3. The molecule has 0 aromatic heterocycles. The van der Waals surface area contributed by atoms with E-state index < -0.39 is 7.14 Å². The van der Waals surface area contributed by atoms with Crippen molar-refractivity contribution in [1.29, 1.82) is 0 Å². The summed E-state index contributed by atoms with van der Waals surface area (Å²) in [6.07, 6.45) is 7.40. The van der Waals surface area contributed by atoms with Crippen LogP contribution in [0.3, 0.4) is 0 Å². The van der Waals surface area contributed by atoms with Gasteiger partial charge in [-0.1, -0.05) is 73.7 Å². The van der Waals surface area contributed by atoms with Gasteiger partial charge in [0.25, 0.3) is 0 Å². The minimum Gasteiger partial charge on any atom is -0.319 e. The maximum absolute atomic E-state index is 12.4. The molecule has 1 aliphatic rings. The van der Waals surface area contributed by atoms with Crippen LogP contribution in [0.25, 0.3) is 21.5 Å². The van der Waals surface area contributed by atoms with E-state index in [1.54, 1.807) is 0 Å². The summed E-state index contributed by atoms with van der Waals surface area (Å²) in [6, 6.07) is 19.5. The van der Waals surface area contributed by atoms with E-state index in [9.17, 15) is 4.57 Å². The first-order valence-electron chi connectivity index (χ1n) is 8.74. The fraction of sp³-hybridized carbons (Fsp3) is 0.217. The smallest absolute Gasteiger partial charge is 0.109 e. The van der Waals surface area contributed by atoms with Gasteiger partial charge in [-0.25, -0.2) is 0 Å². The van der Waals surface area contributed by atoms with Crippen LogP contribution < -0.4 is 0 Å². The Labute approximate surface area is 149 Å². The molecule has 0 heterocycles. The third-order valence-electron chi connectivity index (χ3n) is 5.32. The van der Waals surface area contributed by atoms with Crippen molar-refractivity contribution in [2.24, 2.45) is 0 Å². The van der Waals surface area contributed by atoms with Gasteiger partial charge in [0.15, 0.2) is 0 Å². The Morgan fingerprint density at radius 1 is 0.920 bits per heavy atom. The zero-order valence-corrected chi connectivity index (χ0v) is 15.9. The molecular formula is C23H23OP. The van der Waals surface area contributed by atoms with Crippen LogP contribution in [0.15, 0.2) is 78.1 Å². The van der Waals surface area contributed by atoms with Crippen molar-refractivity contribution in [2.75, 3.05) is 13.3 Å². The first-order valence-corrected chi connectivity index (χ1v) is 11.3. The molecule has 0 spiro atoms. The van der Waals surface area contributed by atoms with Gasteiger partial charge in [0, 0.05) is 10.7 Å². The quantitative estimate of drug-likeness (QED) is 0.372. The molecule has 0 bridgehead atoms. The van der Waals surface area contributed by atoms with Crippen molar-refractivity contribution in [2.45, 2.75) is 18.8 Å². The van der Waals surface area contributed by atoms with Crippen molar-refractivity contribution < 1.29 is 4.57 Å². The van der Waals surface area contributed by atoms with Gasteiger partial charge < -0.3 is 4.57 Å². The lowest BCUT2D eigenvalue weighted by atomic mass is 9.73. The molecule has 0 saturated heterocycles. The highest BCUT2D eigenvalue weighted by molar-refractivity contribution is 7.66. The van der Waals surface area contributed by atoms with Crippen LogP contribution in [0.4, 0.5) is 0 Å². The van der Waals surface area contributed by atoms with Crippen LogP contribution in [0.1, 0.15) is 18.9 Å². The van der Waals surface area contributed by atoms with Crippen molar-refractivity contribution in [3.63, 3.8) is 0 Å². The molecule has 0 amide bonds. The molecule has 2 heteroatoms. The third kappa shape index (κ3) is 2.77. The van der Waals surface area contributed by atoms with Crippen molar-refractivity contribution in [1.82, 2.24) is 0 Å². The van der Waals surface area contributed by atoms with Crippen LogP contribution >= 0.6 is 7.14 Å². The molecular weight excluding hydrogens is 323 g/mol. The van der Waals surface area contributed by atoms with E-state index >= 15 is 0 Å². The zero-order chi connectivity index (χ0) is 17.7. The van der Waals surface area contributed by atoms with E-state index in [1.165, 1.54) is 27.1 Å². The van der Waals surface area contributed by atoms with Gasteiger partial charge in [-0.3, -0.25) is 0 Å². The van der Waals surface area contributed by atoms with Gasteiger partial charge in [-0.15, -0.1) is 0 Å². The van der Waals surface area contributed by atoms with Gasteiger partial charge in [0.1, 0.15) is 7.14 Å². The van der Waals surface area contributed by atoms with Gasteiger partial charge in [0.2, 0.25) is 0 Å². The minimum absolute atomic E-state index is 0.0981. The Bertz CT molecular complexity index is 1030. The monoisotopic (exact) mass is 346 g/mol. The topological polar surface area (TPSA) is 17.1 Å². The predicted octanol–water partition coefficient (Wildman–Crippen LogP) is 6.72. The van der Waals surface area contributed by atoms with Crippen molar-refractivity contribution in [3.05, 3.63) is 83.7 Å². The molecule has 0 fully saturated rings. The summed E-state index contributed by atoms with van der Waals surface area (Å²) < 4.78 is 12.4. The summed E-state index contributed by atoms with van der Waals surface area (Å²) in [4.78, 5) is 0. The lowest BCUT2D eigenvalue weighted by Gasteiger charge is -2.32. The Morgan fingerprint density at radius 2 is 1.48 bits per heavy atom. The SMILES string of the molecule is CC1(c2c3ccccc3cc3ccccc23)C=CC(P(C)(C)=O)=CC1. The van der Waals surface area contributed by atoms with Gasteiger partial charge in [0.05, 0.1) is 0 Å². The first kappa shape index (κ1) is 16.4. The minimum atomic E-state index is -2.21. The molecule has 3 aromatic rings. The zero-order valence-electron chi connectivity index (χ0n) is 15.0. The maximum Gasteiger partial charge on any atom is 0.109 e. The van der Waals surface area contributed by atoms with Gasteiger partial charge >= 0.3 is 0 Å². The largest absolute Gasteiger partial charge is 0.319 e. The van der Waals surface area contributed by atoms with Crippen LogP contribution in [-0.2, 0) is 9.98 Å². The number of hydrogen-bond acceptors (Lipinski definition) is 1. The molecule has 3 aromatic carbocycles. The molecule has 1 atom stereocenters. The Morgan fingerprint density at radius 3 is 1.96 bits per heavy atom. The number of rotatable bonds is 2. The second-order valence-corrected chi connectivity index (χ2v) is 10.8. The number of fused-ring (bicyclic) bond motifs is 2. The molecule has 1 aliphatic carbocycles. The standard InChI is InChI=1S/C23H23OP/c1-23(14-12-19(13-15-23)25(2,3)24)22-20-10-6-4-8-17(20)16-18-9-5-7-11-21(18)22/h4-14,16H,15H2,1-3H3. The van der Waals surface area contributed by atoms with E-state index in [0.29, 0.717) is 0 Å². The van der Waals surface area contributed by atoms with Crippen LogP contribution in [0.5, 0.6) is 0 Å². The molecule has 0 saturated carbocycles. The lowest BCUT2D eigenvalue weighted by molar-refractivity contribution is 0.583. The first-order chi connectivity index (χ1) is 11.9. The fourth-order valence-electron chi connectivity index (χ4n) is 3.94. The molecule has 126 valence electrons. The molecule has 4 rings (SSSR count). The summed E-state index contributed by atoms with van der Waals surface area (Å²) in [6.45, 7) is 5.99. The second kappa shape index (κ2) is 5.71. The normalized spacial score (nSPS) is 20.8. The summed E-state index contributed by atoms with van der Waals surface area (Å²) in [5.74, 6) is 0. The van der Waals surface area contributed by atoms with E-state index in [1.807, 2.05) is 13.3 Å². The van der Waals surface area contributed by atoms with Gasteiger partial charge in [-0.2, -0.15) is 0 Å². The molecule has 0 aliphatic heterocycles. The summed E-state index contributed by atoms with van der Waals surface area (Å²) >= 11 is 0. The molecule has 25 heavy (non-hydrogen) atoms. The van der Waals surface area contributed by atoms with Crippen molar-refractivity contribution >= 4 is 28.7 Å². The van der Waals surface area contributed by atoms with E-state index in [2.05, 4.69) is 79.7 Å². The summed E-state index contributed by atoms with van der Waals surface area (Å²) in [7, 11) is -2.21. The number of hydrogen-bond donors (Lipinski definition) is 0. The maximum atomic E-state index is 12.4. The molecule has 0 radical (unpaired) electrons. The lowest BCUT2D eigenvalue weighted by Crippen LogP contribution is -2.21. The third-order valence-corrected chi connectivity index (χ3v) is 6.90. The Balaban J connectivity index is 1.98. The average molecular weight is 346 g/mol.